The molecule has 0 unspecified atom stereocenters. The van der Waals surface area contributed by atoms with Gasteiger partial charge in [0.1, 0.15) is 5.60 Å². The van der Waals surface area contributed by atoms with Gasteiger partial charge in [-0.2, -0.15) is 0 Å². The fourth-order valence-electron chi connectivity index (χ4n) is 2.57. The van der Waals surface area contributed by atoms with Crippen LogP contribution in [-0.2, 0) is 9.53 Å². The fraction of sp³-hybridized carbons (Fsp3) is 0.500. The van der Waals surface area contributed by atoms with E-state index >= 15 is 0 Å². The average molecular weight is 366 g/mol. The van der Waals surface area contributed by atoms with Crippen LogP contribution in [0.1, 0.15) is 46.1 Å². The van der Waals surface area contributed by atoms with Crippen LogP contribution in [0.3, 0.4) is 0 Å². The number of halogens is 1. The minimum Gasteiger partial charge on any atom is -0.457 e. The molecule has 0 spiro atoms. The highest BCUT2D eigenvalue weighted by molar-refractivity contribution is 9.10. The van der Waals surface area contributed by atoms with E-state index < -0.39 is 5.60 Å². The number of rotatable bonds is 3. The molecule has 2 rings (SSSR count). The van der Waals surface area contributed by atoms with Gasteiger partial charge in [0.15, 0.2) is 0 Å². The smallest absolute Gasteiger partial charge is 0.334 e. The molecule has 0 amide bonds. The van der Waals surface area contributed by atoms with Crippen LogP contribution in [0.5, 0.6) is 0 Å². The topological polar surface area (TPSA) is 29.5 Å². The molecule has 0 aliphatic carbocycles. The normalized spacial score (nSPS) is 15.0. The number of hydrogen-bond acceptors (Lipinski definition) is 3. The van der Waals surface area contributed by atoms with Gasteiger partial charge in [0, 0.05) is 28.8 Å². The van der Waals surface area contributed by atoms with E-state index in [4.69, 9.17) is 4.74 Å². The number of benzene rings is 1. The van der Waals surface area contributed by atoms with E-state index in [9.17, 15) is 4.79 Å². The first kappa shape index (κ1) is 17.1. The largest absolute Gasteiger partial charge is 0.457 e. The van der Waals surface area contributed by atoms with Gasteiger partial charge >= 0.3 is 5.97 Å². The predicted octanol–water partition coefficient (Wildman–Crippen LogP) is 4.79. The van der Waals surface area contributed by atoms with E-state index in [1.54, 1.807) is 0 Å². The Kier molecular flexibility index (Phi) is 5.32. The van der Waals surface area contributed by atoms with Crippen LogP contribution in [0, 0.1) is 0 Å². The molecule has 22 heavy (non-hydrogen) atoms. The molecule has 120 valence electrons. The molecule has 0 N–H and O–H groups in total. The summed E-state index contributed by atoms with van der Waals surface area (Å²) in [5.41, 5.74) is 2.53. The fourth-order valence-corrected chi connectivity index (χ4v) is 2.95. The standard InChI is InChI=1S/C18H24BrNO2/c1-5-9-20-10-8-13(17(21)22-18(2,3)4)11-14-12-15(19)6-7-16(14)20/h6-7,11-12H,5,8-10H2,1-4H3. The first-order chi connectivity index (χ1) is 10.3. The maximum Gasteiger partial charge on any atom is 0.334 e. The molecule has 1 heterocycles. The second-order valence-corrected chi connectivity index (χ2v) is 7.53. The monoisotopic (exact) mass is 365 g/mol. The highest BCUT2D eigenvalue weighted by Gasteiger charge is 2.23. The van der Waals surface area contributed by atoms with Crippen LogP contribution in [-0.4, -0.2) is 24.7 Å². The Labute approximate surface area is 141 Å². The van der Waals surface area contributed by atoms with Crippen LogP contribution < -0.4 is 4.90 Å². The minimum absolute atomic E-state index is 0.211. The zero-order chi connectivity index (χ0) is 16.3. The maximum absolute atomic E-state index is 12.4. The Balaban J connectivity index is 2.35. The highest BCUT2D eigenvalue weighted by Crippen LogP contribution is 2.31. The minimum atomic E-state index is -0.465. The van der Waals surface area contributed by atoms with Crippen molar-refractivity contribution in [3.63, 3.8) is 0 Å². The molecular weight excluding hydrogens is 342 g/mol. The van der Waals surface area contributed by atoms with Crippen molar-refractivity contribution in [2.24, 2.45) is 0 Å². The molecular formula is C18H24BrNO2. The Bertz CT molecular complexity index is 587. The average Bonchev–Trinajstić information content (AvgIpc) is 2.57. The van der Waals surface area contributed by atoms with Crippen molar-refractivity contribution < 1.29 is 9.53 Å². The van der Waals surface area contributed by atoms with E-state index in [0.29, 0.717) is 6.42 Å². The molecule has 0 aromatic heterocycles. The van der Waals surface area contributed by atoms with Gasteiger partial charge < -0.3 is 9.64 Å². The maximum atomic E-state index is 12.4. The van der Waals surface area contributed by atoms with Crippen molar-refractivity contribution in [2.45, 2.75) is 46.1 Å². The second kappa shape index (κ2) is 6.86. The van der Waals surface area contributed by atoms with Gasteiger partial charge in [0.05, 0.1) is 0 Å². The van der Waals surface area contributed by atoms with Gasteiger partial charge in [-0.05, 0) is 63.5 Å². The van der Waals surface area contributed by atoms with Gasteiger partial charge in [-0.25, -0.2) is 4.79 Å². The number of ether oxygens (including phenoxy) is 1. The highest BCUT2D eigenvalue weighted by atomic mass is 79.9. The summed E-state index contributed by atoms with van der Waals surface area (Å²) < 4.78 is 6.55. The van der Waals surface area contributed by atoms with Gasteiger partial charge in [-0.3, -0.25) is 0 Å². The third kappa shape index (κ3) is 4.35. The lowest BCUT2D eigenvalue weighted by Gasteiger charge is -2.24. The quantitative estimate of drug-likeness (QED) is 0.720. The van der Waals surface area contributed by atoms with Gasteiger partial charge in [-0.1, -0.05) is 22.9 Å². The van der Waals surface area contributed by atoms with Crippen LogP contribution in [0.4, 0.5) is 5.69 Å². The van der Waals surface area contributed by atoms with E-state index in [1.165, 1.54) is 5.69 Å². The number of carbonyl (C=O) groups is 1. The summed E-state index contributed by atoms with van der Waals surface area (Å²) in [4.78, 5) is 14.7. The molecule has 0 atom stereocenters. The molecule has 0 fully saturated rings. The van der Waals surface area contributed by atoms with Crippen LogP contribution >= 0.6 is 15.9 Å². The van der Waals surface area contributed by atoms with Gasteiger partial charge in [0.2, 0.25) is 0 Å². The predicted molar refractivity (Wildman–Crippen MR) is 95.1 cm³/mol. The first-order valence-corrected chi connectivity index (χ1v) is 8.58. The van der Waals surface area contributed by atoms with Crippen molar-refractivity contribution >= 4 is 33.7 Å². The lowest BCUT2D eigenvalue weighted by Crippen LogP contribution is -2.27. The third-order valence-electron chi connectivity index (χ3n) is 3.47. The number of esters is 1. The number of hydrogen-bond donors (Lipinski definition) is 0. The third-order valence-corrected chi connectivity index (χ3v) is 3.96. The molecule has 3 nitrogen and oxygen atoms in total. The molecule has 0 bridgehead atoms. The van der Waals surface area contributed by atoms with Crippen LogP contribution in [0.2, 0.25) is 0 Å². The lowest BCUT2D eigenvalue weighted by molar-refractivity contribution is -0.149. The molecule has 1 aromatic rings. The number of nitrogens with zero attached hydrogens (tertiary/aromatic N) is 1. The zero-order valence-corrected chi connectivity index (χ0v) is 15.4. The molecule has 0 radical (unpaired) electrons. The van der Waals surface area contributed by atoms with Crippen LogP contribution in [0.25, 0.3) is 6.08 Å². The van der Waals surface area contributed by atoms with Crippen molar-refractivity contribution in [2.75, 3.05) is 18.0 Å². The molecule has 1 aliphatic rings. The van der Waals surface area contributed by atoms with E-state index in [1.807, 2.05) is 32.9 Å². The molecule has 0 saturated carbocycles. The Morgan fingerprint density at radius 3 is 2.73 bits per heavy atom. The summed E-state index contributed by atoms with van der Waals surface area (Å²) in [7, 11) is 0. The SMILES string of the molecule is CCCN1CCC(C(=O)OC(C)(C)C)=Cc2cc(Br)ccc21. The Morgan fingerprint density at radius 1 is 1.36 bits per heavy atom. The zero-order valence-electron chi connectivity index (χ0n) is 13.8. The van der Waals surface area contributed by atoms with Gasteiger partial charge in [-0.15, -0.1) is 0 Å². The molecule has 1 aromatic carbocycles. The summed E-state index contributed by atoms with van der Waals surface area (Å²) in [5.74, 6) is -0.211. The molecule has 0 saturated heterocycles. The van der Waals surface area contributed by atoms with Crippen LogP contribution in [0.15, 0.2) is 28.2 Å². The summed E-state index contributed by atoms with van der Waals surface area (Å²) in [6, 6.07) is 6.23. The van der Waals surface area contributed by atoms with Crippen molar-refractivity contribution in [3.05, 3.63) is 33.8 Å². The summed E-state index contributed by atoms with van der Waals surface area (Å²) in [6.45, 7) is 9.70. The summed E-state index contributed by atoms with van der Waals surface area (Å²) in [5, 5.41) is 0. The lowest BCUT2D eigenvalue weighted by atomic mass is 10.1. The Morgan fingerprint density at radius 2 is 2.09 bits per heavy atom. The van der Waals surface area contributed by atoms with E-state index in [-0.39, 0.29) is 5.97 Å². The van der Waals surface area contributed by atoms with E-state index in [0.717, 1.165) is 35.1 Å². The summed E-state index contributed by atoms with van der Waals surface area (Å²) in [6.07, 6.45) is 3.77. The number of anilines is 1. The number of fused-ring (bicyclic) bond motifs is 1. The van der Waals surface area contributed by atoms with E-state index in [2.05, 4.69) is 39.9 Å². The van der Waals surface area contributed by atoms with Crippen molar-refractivity contribution in [1.82, 2.24) is 0 Å². The van der Waals surface area contributed by atoms with Crippen molar-refractivity contribution in [3.8, 4) is 0 Å². The molecule has 1 aliphatic heterocycles. The Hall–Kier alpha value is -1.29. The first-order valence-electron chi connectivity index (χ1n) is 7.78. The van der Waals surface area contributed by atoms with Gasteiger partial charge in [0.25, 0.3) is 0 Å². The summed E-state index contributed by atoms with van der Waals surface area (Å²) >= 11 is 3.52. The second-order valence-electron chi connectivity index (χ2n) is 6.61. The molecule has 4 heteroatoms. The number of carbonyl (C=O) groups excluding carboxylic acids is 1. The van der Waals surface area contributed by atoms with Crippen molar-refractivity contribution in [1.29, 1.82) is 0 Å².